The molecule has 1 aliphatic rings. The third kappa shape index (κ3) is 2.71. The number of rotatable bonds is 3. The number of benzene rings is 1. The van der Waals surface area contributed by atoms with Gasteiger partial charge >= 0.3 is 0 Å². The van der Waals surface area contributed by atoms with Crippen LogP contribution < -0.4 is 0 Å². The predicted octanol–water partition coefficient (Wildman–Crippen LogP) is 4.40. The van der Waals surface area contributed by atoms with Gasteiger partial charge in [-0.2, -0.15) is 5.10 Å². The Hall–Kier alpha value is -2.89. The van der Waals surface area contributed by atoms with E-state index in [2.05, 4.69) is 10.2 Å². The third-order valence-electron chi connectivity index (χ3n) is 4.99. The summed E-state index contributed by atoms with van der Waals surface area (Å²) in [4.78, 5) is 14.8. The molecule has 134 valence electrons. The summed E-state index contributed by atoms with van der Waals surface area (Å²) in [6.45, 7) is 4.59. The number of hydrogen-bond acceptors (Lipinski definition) is 3. The first-order valence-electron chi connectivity index (χ1n) is 8.73. The number of likely N-dealkylation sites (tertiary alicyclic amines) is 1. The number of carbonyl (C=O) groups is 1. The van der Waals surface area contributed by atoms with E-state index in [1.54, 1.807) is 30.3 Å². The number of furan rings is 1. The zero-order valence-corrected chi connectivity index (χ0v) is 14.8. The Balaban J connectivity index is 1.63. The van der Waals surface area contributed by atoms with Crippen LogP contribution in [0.2, 0.25) is 0 Å². The Morgan fingerprint density at radius 3 is 2.81 bits per heavy atom. The van der Waals surface area contributed by atoms with Gasteiger partial charge in [-0.25, -0.2) is 4.39 Å². The molecule has 6 heteroatoms. The zero-order chi connectivity index (χ0) is 18.3. The van der Waals surface area contributed by atoms with Gasteiger partial charge in [0.15, 0.2) is 5.76 Å². The molecule has 0 spiro atoms. The molecule has 1 amide bonds. The van der Waals surface area contributed by atoms with Crippen molar-refractivity contribution in [2.45, 2.75) is 32.7 Å². The minimum absolute atomic E-state index is 0.0109. The Bertz CT molecular complexity index is 940. The maximum Gasteiger partial charge on any atom is 0.290 e. The number of aromatic amines is 1. The van der Waals surface area contributed by atoms with Gasteiger partial charge in [0.05, 0.1) is 17.3 Å². The summed E-state index contributed by atoms with van der Waals surface area (Å²) in [6, 6.07) is 9.63. The first-order chi connectivity index (χ1) is 12.6. The first-order valence-corrected chi connectivity index (χ1v) is 8.73. The lowest BCUT2D eigenvalue weighted by molar-refractivity contribution is 0.0703. The Labute approximate surface area is 150 Å². The van der Waals surface area contributed by atoms with Crippen molar-refractivity contribution in [2.75, 3.05) is 6.54 Å². The second-order valence-electron chi connectivity index (χ2n) is 6.65. The van der Waals surface area contributed by atoms with Crippen molar-refractivity contribution in [3.8, 4) is 11.3 Å². The molecule has 26 heavy (non-hydrogen) atoms. The zero-order valence-electron chi connectivity index (χ0n) is 14.8. The highest BCUT2D eigenvalue weighted by molar-refractivity contribution is 5.92. The average Bonchev–Trinajstić information content (AvgIpc) is 3.35. The van der Waals surface area contributed by atoms with E-state index in [1.807, 2.05) is 18.7 Å². The molecule has 4 rings (SSSR count). The molecule has 0 radical (unpaired) electrons. The quantitative estimate of drug-likeness (QED) is 0.759. The van der Waals surface area contributed by atoms with E-state index in [0.29, 0.717) is 17.9 Å². The summed E-state index contributed by atoms with van der Waals surface area (Å²) in [7, 11) is 0. The van der Waals surface area contributed by atoms with Gasteiger partial charge in [0.2, 0.25) is 0 Å². The molecule has 1 aromatic carbocycles. The van der Waals surface area contributed by atoms with Crippen LogP contribution in [0.4, 0.5) is 4.39 Å². The molecule has 1 N–H and O–H groups in total. The Morgan fingerprint density at radius 2 is 2.08 bits per heavy atom. The lowest BCUT2D eigenvalue weighted by atomic mass is 10.0. The largest absolute Gasteiger partial charge is 0.451 e. The van der Waals surface area contributed by atoms with Gasteiger partial charge in [0, 0.05) is 17.8 Å². The van der Waals surface area contributed by atoms with E-state index in [-0.39, 0.29) is 23.5 Å². The van der Waals surface area contributed by atoms with Crippen molar-refractivity contribution in [2.24, 2.45) is 0 Å². The number of hydrogen-bond donors (Lipinski definition) is 1. The fraction of sp³-hybridized carbons (Fsp3) is 0.300. The molecular weight excluding hydrogens is 333 g/mol. The van der Waals surface area contributed by atoms with E-state index >= 15 is 0 Å². The van der Waals surface area contributed by atoms with E-state index in [9.17, 15) is 9.18 Å². The number of aryl methyl sites for hydroxylation is 2. The molecule has 1 unspecified atom stereocenters. The van der Waals surface area contributed by atoms with E-state index in [4.69, 9.17) is 4.42 Å². The maximum atomic E-state index is 14.0. The molecule has 3 aromatic rings. The number of H-pyrrole nitrogens is 1. The standard InChI is InChI=1S/C20H20FN3O2/c1-12-19(13(2)23-22-12)16-8-5-11-24(16)20(25)18-10-9-17(26-18)14-6-3-4-7-15(14)21/h3-4,6-7,9-10,16H,5,8,11H2,1-2H3,(H,22,23). The van der Waals surface area contributed by atoms with Crippen LogP contribution in [0.25, 0.3) is 11.3 Å². The molecule has 0 saturated carbocycles. The lowest BCUT2D eigenvalue weighted by Crippen LogP contribution is -2.30. The fourth-order valence-corrected chi connectivity index (χ4v) is 3.76. The summed E-state index contributed by atoms with van der Waals surface area (Å²) < 4.78 is 19.7. The second kappa shape index (κ2) is 6.44. The van der Waals surface area contributed by atoms with Crippen LogP contribution in [0.1, 0.15) is 46.4 Å². The SMILES string of the molecule is Cc1n[nH]c(C)c1C1CCCN1C(=O)c1ccc(-c2ccccc2F)o1. The summed E-state index contributed by atoms with van der Waals surface area (Å²) in [6.07, 6.45) is 1.83. The number of aromatic nitrogens is 2. The number of nitrogens with one attached hydrogen (secondary N) is 1. The Kier molecular flexibility index (Phi) is 4.11. The summed E-state index contributed by atoms with van der Waals surface area (Å²) in [5.41, 5.74) is 3.33. The van der Waals surface area contributed by atoms with Crippen LogP contribution in [-0.2, 0) is 0 Å². The van der Waals surface area contributed by atoms with Crippen LogP contribution >= 0.6 is 0 Å². The topological polar surface area (TPSA) is 62.1 Å². The minimum Gasteiger partial charge on any atom is -0.451 e. The van der Waals surface area contributed by atoms with Crippen molar-refractivity contribution >= 4 is 5.91 Å². The Morgan fingerprint density at radius 1 is 1.27 bits per heavy atom. The number of amides is 1. The molecule has 2 aromatic heterocycles. The summed E-state index contributed by atoms with van der Waals surface area (Å²) in [5.74, 6) is 0.0476. The molecule has 0 aliphatic carbocycles. The molecule has 1 saturated heterocycles. The average molecular weight is 353 g/mol. The monoisotopic (exact) mass is 353 g/mol. The van der Waals surface area contributed by atoms with E-state index in [0.717, 1.165) is 29.8 Å². The van der Waals surface area contributed by atoms with Crippen LogP contribution in [0.3, 0.4) is 0 Å². The van der Waals surface area contributed by atoms with Crippen molar-refractivity contribution in [3.05, 3.63) is 64.9 Å². The molecule has 3 heterocycles. The van der Waals surface area contributed by atoms with Crippen LogP contribution in [-0.4, -0.2) is 27.5 Å². The highest BCUT2D eigenvalue weighted by atomic mass is 19.1. The molecule has 0 bridgehead atoms. The third-order valence-corrected chi connectivity index (χ3v) is 4.99. The fourth-order valence-electron chi connectivity index (χ4n) is 3.76. The molecular formula is C20H20FN3O2. The number of carbonyl (C=O) groups excluding carboxylic acids is 1. The minimum atomic E-state index is -0.371. The van der Waals surface area contributed by atoms with Crippen LogP contribution in [0, 0.1) is 19.7 Å². The van der Waals surface area contributed by atoms with Crippen LogP contribution in [0.15, 0.2) is 40.8 Å². The predicted molar refractivity (Wildman–Crippen MR) is 95.2 cm³/mol. The van der Waals surface area contributed by atoms with Gasteiger partial charge in [0.1, 0.15) is 11.6 Å². The van der Waals surface area contributed by atoms with E-state index < -0.39 is 0 Å². The van der Waals surface area contributed by atoms with E-state index in [1.165, 1.54) is 6.07 Å². The molecule has 5 nitrogen and oxygen atoms in total. The van der Waals surface area contributed by atoms with Gasteiger partial charge < -0.3 is 9.32 Å². The van der Waals surface area contributed by atoms with Gasteiger partial charge in [-0.1, -0.05) is 12.1 Å². The first kappa shape index (κ1) is 16.6. The van der Waals surface area contributed by atoms with Gasteiger partial charge in [-0.3, -0.25) is 9.89 Å². The second-order valence-corrected chi connectivity index (χ2v) is 6.65. The number of halogens is 1. The lowest BCUT2D eigenvalue weighted by Gasteiger charge is -2.24. The maximum absolute atomic E-state index is 14.0. The van der Waals surface area contributed by atoms with Crippen molar-refractivity contribution in [3.63, 3.8) is 0 Å². The highest BCUT2D eigenvalue weighted by Gasteiger charge is 2.34. The van der Waals surface area contributed by atoms with Crippen molar-refractivity contribution < 1.29 is 13.6 Å². The summed E-state index contributed by atoms with van der Waals surface area (Å²) >= 11 is 0. The van der Waals surface area contributed by atoms with Gasteiger partial charge in [0.25, 0.3) is 5.91 Å². The van der Waals surface area contributed by atoms with Gasteiger partial charge in [-0.15, -0.1) is 0 Å². The van der Waals surface area contributed by atoms with Gasteiger partial charge in [-0.05, 0) is 51.0 Å². The molecule has 1 fully saturated rings. The highest BCUT2D eigenvalue weighted by Crippen LogP contribution is 2.36. The molecule has 1 aliphatic heterocycles. The van der Waals surface area contributed by atoms with Crippen molar-refractivity contribution in [1.82, 2.24) is 15.1 Å². The number of nitrogens with zero attached hydrogens (tertiary/aromatic N) is 2. The van der Waals surface area contributed by atoms with Crippen molar-refractivity contribution in [1.29, 1.82) is 0 Å². The van der Waals surface area contributed by atoms with Crippen LogP contribution in [0.5, 0.6) is 0 Å². The normalized spacial score (nSPS) is 17.0. The smallest absolute Gasteiger partial charge is 0.290 e. The molecule has 1 atom stereocenters. The summed E-state index contributed by atoms with van der Waals surface area (Å²) in [5, 5.41) is 7.24.